The number of nitro benzene ring substituents is 1. The molecule has 1 N–H and O–H groups in total. The molecule has 9 heteroatoms. The number of anilines is 1. The number of carbonyl (C=O) groups is 1. The largest absolute Gasteiger partial charge is 0.483 e. The van der Waals surface area contributed by atoms with Gasteiger partial charge in [0, 0.05) is 12.1 Å². The summed E-state index contributed by atoms with van der Waals surface area (Å²) in [5.74, 6) is 0.617. The molecular weight excluding hydrogens is 434 g/mol. The smallest absolute Gasteiger partial charge is 0.270 e. The normalized spacial score (nSPS) is 11.0. The number of nitro groups is 1. The molecule has 140 valence electrons. The fourth-order valence-corrected chi connectivity index (χ4v) is 3.80. The second kappa shape index (κ2) is 8.01. The van der Waals surface area contributed by atoms with Crippen molar-refractivity contribution in [2.24, 2.45) is 0 Å². The average Bonchev–Trinajstić information content (AvgIpc) is 3.01. The minimum Gasteiger partial charge on any atom is -0.483 e. The number of benzene rings is 2. The number of nitrogens with one attached hydrogen (secondary N) is 1. The van der Waals surface area contributed by atoms with Crippen LogP contribution in [0.1, 0.15) is 25.3 Å². The van der Waals surface area contributed by atoms with Crippen molar-refractivity contribution >= 4 is 54.2 Å². The molecule has 27 heavy (non-hydrogen) atoms. The van der Waals surface area contributed by atoms with Gasteiger partial charge in [-0.25, -0.2) is 4.98 Å². The van der Waals surface area contributed by atoms with Gasteiger partial charge in [-0.3, -0.25) is 20.2 Å². The SMILES string of the molecule is CC(C)c1ccc(OCC(=O)Nc2nc3ccc([N+](=O)[O-])cc3s2)c(Br)c1. The number of thiazole rings is 1. The number of rotatable bonds is 6. The Morgan fingerprint density at radius 3 is 2.78 bits per heavy atom. The van der Waals surface area contributed by atoms with Gasteiger partial charge in [0.25, 0.3) is 11.6 Å². The zero-order chi connectivity index (χ0) is 19.6. The van der Waals surface area contributed by atoms with Crippen molar-refractivity contribution in [1.29, 1.82) is 0 Å². The van der Waals surface area contributed by atoms with E-state index in [0.717, 1.165) is 4.47 Å². The van der Waals surface area contributed by atoms with E-state index in [1.54, 1.807) is 6.07 Å². The first-order chi connectivity index (χ1) is 12.8. The molecule has 1 aromatic heterocycles. The van der Waals surface area contributed by atoms with Gasteiger partial charge in [-0.15, -0.1) is 0 Å². The fraction of sp³-hybridized carbons (Fsp3) is 0.222. The second-order valence-corrected chi connectivity index (χ2v) is 7.99. The maximum Gasteiger partial charge on any atom is 0.270 e. The summed E-state index contributed by atoms with van der Waals surface area (Å²) in [6, 6.07) is 10.1. The quantitative estimate of drug-likeness (QED) is 0.416. The Labute approximate surface area is 167 Å². The van der Waals surface area contributed by atoms with E-state index in [-0.39, 0.29) is 18.2 Å². The number of fused-ring (bicyclic) bond motifs is 1. The lowest BCUT2D eigenvalue weighted by molar-refractivity contribution is -0.384. The van der Waals surface area contributed by atoms with Gasteiger partial charge in [0.05, 0.1) is 19.6 Å². The van der Waals surface area contributed by atoms with Gasteiger partial charge in [0.15, 0.2) is 11.7 Å². The third-order valence-electron chi connectivity index (χ3n) is 3.81. The minimum absolute atomic E-state index is 0.0120. The molecule has 1 heterocycles. The van der Waals surface area contributed by atoms with E-state index < -0.39 is 4.92 Å². The van der Waals surface area contributed by atoms with Crippen LogP contribution in [-0.2, 0) is 4.79 Å². The molecule has 0 aliphatic rings. The average molecular weight is 450 g/mol. The van der Waals surface area contributed by atoms with Crippen LogP contribution in [0, 0.1) is 10.1 Å². The van der Waals surface area contributed by atoms with Crippen LogP contribution in [0.3, 0.4) is 0 Å². The van der Waals surface area contributed by atoms with E-state index in [1.165, 1.54) is 29.0 Å². The van der Waals surface area contributed by atoms with Crippen LogP contribution in [0.5, 0.6) is 5.75 Å². The number of non-ortho nitro benzene ring substituents is 1. The van der Waals surface area contributed by atoms with Crippen molar-refractivity contribution in [2.75, 3.05) is 11.9 Å². The Bertz CT molecular complexity index is 1020. The molecule has 0 unspecified atom stereocenters. The van der Waals surface area contributed by atoms with Gasteiger partial charge in [-0.2, -0.15) is 0 Å². The summed E-state index contributed by atoms with van der Waals surface area (Å²) >= 11 is 4.63. The van der Waals surface area contributed by atoms with Crippen molar-refractivity contribution < 1.29 is 14.5 Å². The summed E-state index contributed by atoms with van der Waals surface area (Å²) in [6.07, 6.45) is 0. The molecule has 0 aliphatic heterocycles. The fourth-order valence-electron chi connectivity index (χ4n) is 2.37. The highest BCUT2D eigenvalue weighted by Gasteiger charge is 2.13. The third kappa shape index (κ3) is 4.61. The molecule has 0 saturated heterocycles. The number of ether oxygens (including phenoxy) is 1. The predicted molar refractivity (Wildman–Crippen MR) is 109 cm³/mol. The molecule has 0 radical (unpaired) electrons. The maximum atomic E-state index is 12.1. The van der Waals surface area contributed by atoms with Gasteiger partial charge in [-0.05, 0) is 45.6 Å². The highest BCUT2D eigenvalue weighted by molar-refractivity contribution is 9.10. The van der Waals surface area contributed by atoms with Gasteiger partial charge < -0.3 is 4.74 Å². The van der Waals surface area contributed by atoms with Crippen LogP contribution in [-0.4, -0.2) is 22.4 Å². The van der Waals surface area contributed by atoms with Crippen molar-refractivity contribution in [3.05, 3.63) is 56.5 Å². The second-order valence-electron chi connectivity index (χ2n) is 6.11. The molecule has 0 atom stereocenters. The van der Waals surface area contributed by atoms with Crippen LogP contribution < -0.4 is 10.1 Å². The van der Waals surface area contributed by atoms with E-state index in [4.69, 9.17) is 4.74 Å². The van der Waals surface area contributed by atoms with Crippen molar-refractivity contribution in [2.45, 2.75) is 19.8 Å². The first-order valence-corrected chi connectivity index (χ1v) is 9.71. The van der Waals surface area contributed by atoms with E-state index in [9.17, 15) is 14.9 Å². The van der Waals surface area contributed by atoms with Crippen molar-refractivity contribution in [1.82, 2.24) is 4.98 Å². The summed E-state index contributed by atoms with van der Waals surface area (Å²) in [6.45, 7) is 4.03. The lowest BCUT2D eigenvalue weighted by Crippen LogP contribution is -2.20. The Morgan fingerprint density at radius 2 is 2.11 bits per heavy atom. The first-order valence-electron chi connectivity index (χ1n) is 8.10. The molecular formula is C18H16BrN3O4S. The number of carbonyl (C=O) groups excluding carboxylic acids is 1. The molecule has 0 fully saturated rings. The number of amides is 1. The zero-order valence-electron chi connectivity index (χ0n) is 14.6. The monoisotopic (exact) mass is 449 g/mol. The van der Waals surface area contributed by atoms with Gasteiger partial charge >= 0.3 is 0 Å². The highest BCUT2D eigenvalue weighted by atomic mass is 79.9. The van der Waals surface area contributed by atoms with Crippen molar-refractivity contribution in [3.63, 3.8) is 0 Å². The Morgan fingerprint density at radius 1 is 1.33 bits per heavy atom. The van der Waals surface area contributed by atoms with Gasteiger partial charge in [0.2, 0.25) is 0 Å². The minimum atomic E-state index is -0.465. The number of aromatic nitrogens is 1. The van der Waals surface area contributed by atoms with Crippen molar-refractivity contribution in [3.8, 4) is 5.75 Å². The Hall–Kier alpha value is -2.52. The van der Waals surface area contributed by atoms with E-state index in [1.807, 2.05) is 18.2 Å². The van der Waals surface area contributed by atoms with E-state index in [2.05, 4.69) is 40.1 Å². The van der Waals surface area contributed by atoms with Crippen LogP contribution in [0.2, 0.25) is 0 Å². The van der Waals surface area contributed by atoms with Crippen LogP contribution in [0.4, 0.5) is 10.8 Å². The maximum absolute atomic E-state index is 12.1. The lowest BCUT2D eigenvalue weighted by atomic mass is 10.0. The zero-order valence-corrected chi connectivity index (χ0v) is 17.0. The summed E-state index contributed by atoms with van der Waals surface area (Å²) in [4.78, 5) is 26.8. The Kier molecular flexibility index (Phi) is 5.71. The molecule has 3 aromatic rings. The van der Waals surface area contributed by atoms with Crippen LogP contribution in [0.15, 0.2) is 40.9 Å². The number of hydrogen-bond donors (Lipinski definition) is 1. The number of hydrogen-bond acceptors (Lipinski definition) is 6. The Balaban J connectivity index is 1.64. The van der Waals surface area contributed by atoms with E-state index >= 15 is 0 Å². The molecule has 0 aliphatic carbocycles. The summed E-state index contributed by atoms with van der Waals surface area (Å²) in [5.41, 5.74) is 1.75. The topological polar surface area (TPSA) is 94.4 Å². The summed E-state index contributed by atoms with van der Waals surface area (Å²) < 4.78 is 6.98. The molecule has 0 bridgehead atoms. The molecule has 0 spiro atoms. The third-order valence-corrected chi connectivity index (χ3v) is 5.36. The van der Waals surface area contributed by atoms with Gasteiger partial charge in [0.1, 0.15) is 5.75 Å². The standard InChI is InChI=1S/C18H16BrN3O4S/c1-10(2)11-3-6-15(13(19)7-11)26-9-17(23)21-18-20-14-5-4-12(22(24)25)8-16(14)27-18/h3-8,10H,9H2,1-2H3,(H,20,21,23). The van der Waals surface area contributed by atoms with Gasteiger partial charge in [-0.1, -0.05) is 31.3 Å². The summed E-state index contributed by atoms with van der Waals surface area (Å²) in [7, 11) is 0. The number of nitrogens with zero attached hydrogens (tertiary/aromatic N) is 2. The predicted octanol–water partition coefficient (Wildman–Crippen LogP) is 5.11. The molecule has 0 saturated carbocycles. The first kappa shape index (κ1) is 19.2. The molecule has 1 amide bonds. The van der Waals surface area contributed by atoms with Crippen LogP contribution in [0.25, 0.3) is 10.2 Å². The molecule has 3 rings (SSSR count). The highest BCUT2D eigenvalue weighted by Crippen LogP contribution is 2.30. The lowest BCUT2D eigenvalue weighted by Gasteiger charge is -2.11. The van der Waals surface area contributed by atoms with E-state index in [0.29, 0.717) is 27.0 Å². The summed E-state index contributed by atoms with van der Waals surface area (Å²) in [5, 5.41) is 13.9. The number of halogens is 1. The molecule has 7 nitrogen and oxygen atoms in total. The van der Waals surface area contributed by atoms with Crippen LogP contribution >= 0.6 is 27.3 Å². The molecule has 2 aromatic carbocycles.